The summed E-state index contributed by atoms with van der Waals surface area (Å²) in [6.45, 7) is 5.01. The summed E-state index contributed by atoms with van der Waals surface area (Å²) in [5.74, 6) is -1.43. The third-order valence-electron chi connectivity index (χ3n) is 2.92. The van der Waals surface area contributed by atoms with Gasteiger partial charge >= 0.3 is 6.18 Å². The molecule has 2 nitrogen and oxygen atoms in total. The number of rotatable bonds is 2. The van der Waals surface area contributed by atoms with Crippen molar-refractivity contribution in [2.45, 2.75) is 39.1 Å². The molecule has 0 saturated carbocycles. The van der Waals surface area contributed by atoms with E-state index in [1.807, 2.05) is 0 Å². The molecule has 0 aromatic heterocycles. The van der Waals surface area contributed by atoms with Crippen LogP contribution in [0.25, 0.3) is 0 Å². The van der Waals surface area contributed by atoms with Crippen LogP contribution in [0, 0.1) is 11.2 Å². The Bertz CT molecular complexity index is 451. The third-order valence-corrected chi connectivity index (χ3v) is 2.92. The van der Waals surface area contributed by atoms with Gasteiger partial charge < -0.3 is 10.8 Å². The van der Waals surface area contributed by atoms with Crippen LogP contribution >= 0.6 is 0 Å². The van der Waals surface area contributed by atoms with Gasteiger partial charge in [-0.3, -0.25) is 0 Å². The lowest BCUT2D eigenvalue weighted by Crippen LogP contribution is -2.37. The second-order valence-corrected chi connectivity index (χ2v) is 5.54. The topological polar surface area (TPSA) is 46.2 Å². The molecule has 0 aliphatic heterocycles. The predicted octanol–water partition coefficient (Wildman–Crippen LogP) is 3.25. The maximum absolute atomic E-state index is 13.9. The lowest BCUT2D eigenvalue weighted by molar-refractivity contribution is -0.140. The summed E-state index contributed by atoms with van der Waals surface area (Å²) in [5.41, 5.74) is 3.30. The van der Waals surface area contributed by atoms with Crippen LogP contribution in [0.4, 0.5) is 17.6 Å². The molecule has 0 amide bonds. The molecule has 0 aliphatic rings. The van der Waals surface area contributed by atoms with Crippen molar-refractivity contribution in [1.82, 2.24) is 0 Å². The Morgan fingerprint density at radius 2 is 1.68 bits per heavy atom. The van der Waals surface area contributed by atoms with Gasteiger partial charge in [0.25, 0.3) is 0 Å². The van der Waals surface area contributed by atoms with Gasteiger partial charge in [-0.2, -0.15) is 13.2 Å². The largest absolute Gasteiger partial charge is 0.419 e. The summed E-state index contributed by atoms with van der Waals surface area (Å²) in [6, 6.07) is 1.66. The average Bonchev–Trinajstić information content (AvgIpc) is 2.24. The molecule has 1 aromatic carbocycles. The second kappa shape index (κ2) is 5.09. The molecule has 0 spiro atoms. The molecule has 0 fully saturated rings. The number of aliphatic hydroxyl groups is 1. The zero-order valence-electron chi connectivity index (χ0n) is 10.9. The molecule has 2 atom stereocenters. The summed E-state index contributed by atoms with van der Waals surface area (Å²) in [7, 11) is 0. The van der Waals surface area contributed by atoms with Crippen LogP contribution in [0.5, 0.6) is 0 Å². The molecule has 1 rings (SSSR count). The number of halogens is 4. The van der Waals surface area contributed by atoms with Crippen molar-refractivity contribution in [2.24, 2.45) is 11.1 Å². The first-order chi connectivity index (χ1) is 8.46. The van der Waals surface area contributed by atoms with E-state index in [1.165, 1.54) is 0 Å². The highest BCUT2D eigenvalue weighted by Gasteiger charge is 2.37. The van der Waals surface area contributed by atoms with Gasteiger partial charge in [0.05, 0.1) is 17.7 Å². The van der Waals surface area contributed by atoms with Crippen molar-refractivity contribution >= 4 is 0 Å². The number of hydrogen-bond acceptors (Lipinski definition) is 2. The molecule has 1 aromatic rings. The Hall–Kier alpha value is -1.14. The number of alkyl halides is 3. The first kappa shape index (κ1) is 15.9. The van der Waals surface area contributed by atoms with Gasteiger partial charge in [0.1, 0.15) is 5.82 Å². The lowest BCUT2D eigenvalue weighted by Gasteiger charge is -2.31. The summed E-state index contributed by atoms with van der Waals surface area (Å²) in [5, 5.41) is 9.95. The molecule has 19 heavy (non-hydrogen) atoms. The standard InChI is InChI=1S/C13H17F4NO/c1-12(2,3)11(19)10(18)7-5-4-6-8(9(7)14)13(15,16)17/h4-6,10-11,19H,18H2,1-3H3/t10-,11-/m1/s1. The SMILES string of the molecule is CC(C)(C)[C@H](O)[C@H](N)c1cccc(C(F)(F)F)c1F. The smallest absolute Gasteiger partial charge is 0.391 e. The van der Waals surface area contributed by atoms with Crippen LogP contribution in [-0.4, -0.2) is 11.2 Å². The number of nitrogens with two attached hydrogens (primary N) is 1. The zero-order chi connectivity index (χ0) is 15.0. The lowest BCUT2D eigenvalue weighted by atomic mass is 9.82. The molecule has 3 N–H and O–H groups in total. The fraction of sp³-hybridized carbons (Fsp3) is 0.538. The van der Waals surface area contributed by atoms with Crippen molar-refractivity contribution in [1.29, 1.82) is 0 Å². The average molecular weight is 279 g/mol. The Balaban J connectivity index is 3.23. The van der Waals surface area contributed by atoms with Gasteiger partial charge in [-0.15, -0.1) is 0 Å². The van der Waals surface area contributed by atoms with Gasteiger partial charge in [-0.05, 0) is 11.5 Å². The minimum atomic E-state index is -4.79. The van der Waals surface area contributed by atoms with E-state index in [0.717, 1.165) is 12.1 Å². The number of benzene rings is 1. The monoisotopic (exact) mass is 279 g/mol. The first-order valence-electron chi connectivity index (χ1n) is 5.75. The van der Waals surface area contributed by atoms with E-state index in [9.17, 15) is 22.7 Å². The summed E-state index contributed by atoms with van der Waals surface area (Å²) in [6.07, 6.45) is -5.95. The molecular weight excluding hydrogens is 262 g/mol. The van der Waals surface area contributed by atoms with Gasteiger partial charge in [0, 0.05) is 5.56 Å². The predicted molar refractivity (Wildman–Crippen MR) is 63.8 cm³/mol. The highest BCUT2D eigenvalue weighted by atomic mass is 19.4. The van der Waals surface area contributed by atoms with Crippen LogP contribution in [-0.2, 0) is 6.18 Å². The number of hydrogen-bond donors (Lipinski definition) is 2. The van der Waals surface area contributed by atoms with E-state index < -0.39 is 35.1 Å². The van der Waals surface area contributed by atoms with Gasteiger partial charge in [0.15, 0.2) is 0 Å². The maximum Gasteiger partial charge on any atom is 0.419 e. The molecule has 6 heteroatoms. The van der Waals surface area contributed by atoms with Crippen molar-refractivity contribution in [2.75, 3.05) is 0 Å². The van der Waals surface area contributed by atoms with E-state index in [-0.39, 0.29) is 5.56 Å². The van der Waals surface area contributed by atoms with Gasteiger partial charge in [0.2, 0.25) is 0 Å². The van der Waals surface area contributed by atoms with E-state index in [2.05, 4.69) is 0 Å². The Morgan fingerprint density at radius 1 is 1.16 bits per heavy atom. The Labute approximate surface area is 109 Å². The molecule has 0 heterocycles. The van der Waals surface area contributed by atoms with Crippen LogP contribution in [0.1, 0.15) is 37.9 Å². The molecule has 108 valence electrons. The van der Waals surface area contributed by atoms with Crippen molar-refractivity contribution in [3.63, 3.8) is 0 Å². The third kappa shape index (κ3) is 3.45. The minimum absolute atomic E-state index is 0.336. The highest BCUT2D eigenvalue weighted by Crippen LogP contribution is 2.36. The Morgan fingerprint density at radius 3 is 2.11 bits per heavy atom. The fourth-order valence-corrected chi connectivity index (χ4v) is 1.73. The van der Waals surface area contributed by atoms with Gasteiger partial charge in [-0.25, -0.2) is 4.39 Å². The first-order valence-corrected chi connectivity index (χ1v) is 5.75. The molecule has 0 aliphatic carbocycles. The summed E-state index contributed by atoms with van der Waals surface area (Å²) >= 11 is 0. The normalized spacial score (nSPS) is 16.3. The van der Waals surface area contributed by atoms with Crippen molar-refractivity contribution < 1.29 is 22.7 Å². The number of aliphatic hydroxyl groups excluding tert-OH is 1. The van der Waals surface area contributed by atoms with E-state index in [4.69, 9.17) is 5.73 Å². The zero-order valence-corrected chi connectivity index (χ0v) is 10.9. The van der Waals surface area contributed by atoms with Crippen molar-refractivity contribution in [3.8, 4) is 0 Å². The Kier molecular flexibility index (Phi) is 4.27. The quantitative estimate of drug-likeness (QED) is 0.816. The van der Waals surface area contributed by atoms with Crippen LogP contribution in [0.3, 0.4) is 0 Å². The minimum Gasteiger partial charge on any atom is -0.391 e. The molecule has 0 bridgehead atoms. The van der Waals surface area contributed by atoms with Crippen LogP contribution in [0.2, 0.25) is 0 Å². The van der Waals surface area contributed by atoms with Crippen LogP contribution < -0.4 is 5.73 Å². The van der Waals surface area contributed by atoms with Crippen molar-refractivity contribution in [3.05, 3.63) is 35.1 Å². The molecule has 0 radical (unpaired) electrons. The van der Waals surface area contributed by atoms with Crippen LogP contribution in [0.15, 0.2) is 18.2 Å². The van der Waals surface area contributed by atoms with Gasteiger partial charge in [-0.1, -0.05) is 32.9 Å². The van der Waals surface area contributed by atoms with E-state index in [1.54, 1.807) is 20.8 Å². The van der Waals surface area contributed by atoms with E-state index >= 15 is 0 Å². The molecule has 0 saturated heterocycles. The highest BCUT2D eigenvalue weighted by molar-refractivity contribution is 5.31. The summed E-state index contributed by atoms with van der Waals surface area (Å²) in [4.78, 5) is 0. The molecule has 0 unspecified atom stereocenters. The summed E-state index contributed by atoms with van der Waals surface area (Å²) < 4.78 is 51.6. The fourth-order valence-electron chi connectivity index (χ4n) is 1.73. The maximum atomic E-state index is 13.9. The molecular formula is C13H17F4NO. The van der Waals surface area contributed by atoms with E-state index in [0.29, 0.717) is 6.07 Å². The second-order valence-electron chi connectivity index (χ2n) is 5.54.